The van der Waals surface area contributed by atoms with E-state index in [4.69, 9.17) is 5.11 Å². The lowest BCUT2D eigenvalue weighted by Crippen LogP contribution is -2.30. The number of hydrogen-bond donors (Lipinski definition) is 4. The normalized spacial score (nSPS) is 17.4. The van der Waals surface area contributed by atoms with Crippen molar-refractivity contribution in [3.8, 4) is 0 Å². The van der Waals surface area contributed by atoms with Gasteiger partial charge in [-0.2, -0.15) is 12.6 Å². The molecule has 3 atom stereocenters. The van der Waals surface area contributed by atoms with Crippen LogP contribution in [0.2, 0.25) is 0 Å². The number of rotatable bonds is 4. The Labute approximate surface area is 87.6 Å². The van der Waals surface area contributed by atoms with E-state index >= 15 is 0 Å². The molecule has 1 aromatic rings. The molecule has 0 spiro atoms. The molecular weight excluding hydrogens is 202 g/mol. The van der Waals surface area contributed by atoms with Crippen molar-refractivity contribution in [2.24, 2.45) is 0 Å². The molecular formula is C9H13NO3S. The number of aliphatic hydroxyl groups excluding tert-OH is 3. The van der Waals surface area contributed by atoms with E-state index in [9.17, 15) is 10.2 Å². The predicted octanol–water partition coefficient (Wildman–Crippen LogP) is -0.233. The highest BCUT2D eigenvalue weighted by atomic mass is 32.1. The van der Waals surface area contributed by atoms with Crippen LogP contribution in [0.15, 0.2) is 24.4 Å². The van der Waals surface area contributed by atoms with Crippen LogP contribution in [0.3, 0.4) is 0 Å². The number of nitrogens with zero attached hydrogens (tertiary/aromatic N) is 1. The van der Waals surface area contributed by atoms with Crippen LogP contribution in [-0.2, 0) is 0 Å². The van der Waals surface area contributed by atoms with E-state index in [1.807, 2.05) is 0 Å². The maximum Gasteiger partial charge on any atom is 0.110 e. The molecule has 1 heterocycles. The fraction of sp³-hybridized carbons (Fsp3) is 0.444. The monoisotopic (exact) mass is 215 g/mol. The molecule has 0 aliphatic rings. The van der Waals surface area contributed by atoms with E-state index in [0.717, 1.165) is 0 Å². The SMILES string of the molecule is OC[C@@H](O)[C@@H](S)C(O)c1ccccn1. The summed E-state index contributed by atoms with van der Waals surface area (Å²) in [6, 6.07) is 5.10. The van der Waals surface area contributed by atoms with Gasteiger partial charge in [-0.1, -0.05) is 6.07 Å². The Balaban J connectivity index is 2.70. The topological polar surface area (TPSA) is 73.6 Å². The fourth-order valence-corrected chi connectivity index (χ4v) is 1.29. The summed E-state index contributed by atoms with van der Waals surface area (Å²) in [5.74, 6) is 0. The maximum atomic E-state index is 9.68. The van der Waals surface area contributed by atoms with Gasteiger partial charge in [0.05, 0.1) is 23.7 Å². The van der Waals surface area contributed by atoms with Crippen LogP contribution in [0.5, 0.6) is 0 Å². The van der Waals surface area contributed by atoms with Crippen molar-refractivity contribution in [1.29, 1.82) is 0 Å². The van der Waals surface area contributed by atoms with Gasteiger partial charge in [0.25, 0.3) is 0 Å². The number of thiol groups is 1. The average Bonchev–Trinajstić information content (AvgIpc) is 2.27. The molecule has 0 amide bonds. The van der Waals surface area contributed by atoms with Gasteiger partial charge in [-0.15, -0.1) is 0 Å². The number of hydrogen-bond acceptors (Lipinski definition) is 5. The van der Waals surface area contributed by atoms with Crippen LogP contribution in [0.4, 0.5) is 0 Å². The summed E-state index contributed by atoms with van der Waals surface area (Å²) < 4.78 is 0. The molecule has 0 aliphatic carbocycles. The van der Waals surface area contributed by atoms with Gasteiger partial charge in [-0.3, -0.25) is 4.98 Å². The molecule has 1 aromatic heterocycles. The van der Waals surface area contributed by atoms with Crippen molar-refractivity contribution in [3.63, 3.8) is 0 Å². The predicted molar refractivity (Wildman–Crippen MR) is 55.1 cm³/mol. The van der Waals surface area contributed by atoms with Gasteiger partial charge in [0, 0.05) is 6.20 Å². The number of pyridine rings is 1. The Morgan fingerprint density at radius 3 is 2.57 bits per heavy atom. The summed E-state index contributed by atoms with van der Waals surface area (Å²) in [6.45, 7) is -0.432. The first kappa shape index (κ1) is 11.5. The lowest BCUT2D eigenvalue weighted by atomic mass is 10.1. The molecule has 0 saturated heterocycles. The molecule has 1 unspecified atom stereocenters. The van der Waals surface area contributed by atoms with Crippen LogP contribution in [0, 0.1) is 0 Å². The van der Waals surface area contributed by atoms with Gasteiger partial charge < -0.3 is 15.3 Å². The summed E-state index contributed by atoms with van der Waals surface area (Å²) in [5.41, 5.74) is 0.431. The first-order valence-corrected chi connectivity index (χ1v) is 4.74. The minimum atomic E-state index is -1.06. The molecule has 0 bridgehead atoms. The Morgan fingerprint density at radius 2 is 2.07 bits per heavy atom. The zero-order valence-electron chi connectivity index (χ0n) is 7.48. The summed E-state index contributed by atoms with van der Waals surface area (Å²) in [7, 11) is 0. The molecule has 0 radical (unpaired) electrons. The molecule has 1 rings (SSSR count). The van der Waals surface area contributed by atoms with Crippen LogP contribution in [-0.4, -0.2) is 38.3 Å². The first-order chi connectivity index (χ1) is 6.66. The van der Waals surface area contributed by atoms with E-state index < -0.39 is 24.1 Å². The largest absolute Gasteiger partial charge is 0.394 e. The molecule has 0 aliphatic heterocycles. The van der Waals surface area contributed by atoms with Gasteiger partial charge in [-0.25, -0.2) is 0 Å². The second kappa shape index (κ2) is 5.31. The molecule has 5 heteroatoms. The zero-order valence-corrected chi connectivity index (χ0v) is 8.38. The Morgan fingerprint density at radius 1 is 1.36 bits per heavy atom. The maximum absolute atomic E-state index is 9.68. The highest BCUT2D eigenvalue weighted by molar-refractivity contribution is 7.81. The highest BCUT2D eigenvalue weighted by Crippen LogP contribution is 2.21. The smallest absolute Gasteiger partial charge is 0.110 e. The minimum absolute atomic E-state index is 0.431. The Hall–Kier alpha value is -0.620. The average molecular weight is 215 g/mol. The summed E-state index contributed by atoms with van der Waals surface area (Å²) >= 11 is 4.01. The van der Waals surface area contributed by atoms with Crippen LogP contribution >= 0.6 is 12.6 Å². The van der Waals surface area contributed by atoms with Crippen LogP contribution in [0.25, 0.3) is 0 Å². The van der Waals surface area contributed by atoms with Gasteiger partial charge in [-0.05, 0) is 12.1 Å². The number of aromatic nitrogens is 1. The first-order valence-electron chi connectivity index (χ1n) is 4.22. The standard InChI is InChI=1S/C9H13NO3S/c11-5-7(12)9(14)8(13)6-3-1-2-4-10-6/h1-4,7-9,11-14H,5H2/t7-,8?,9-/m1/s1. The van der Waals surface area contributed by atoms with Gasteiger partial charge in [0.1, 0.15) is 6.10 Å². The van der Waals surface area contributed by atoms with Crippen molar-refractivity contribution < 1.29 is 15.3 Å². The van der Waals surface area contributed by atoms with Crippen molar-refractivity contribution in [1.82, 2.24) is 4.98 Å². The molecule has 0 fully saturated rings. The second-order valence-corrected chi connectivity index (χ2v) is 3.54. The summed E-state index contributed by atoms with van der Waals surface area (Å²) in [6.07, 6.45) is -0.498. The van der Waals surface area contributed by atoms with E-state index in [2.05, 4.69) is 17.6 Å². The second-order valence-electron chi connectivity index (χ2n) is 2.94. The molecule has 78 valence electrons. The van der Waals surface area contributed by atoms with Crippen molar-refractivity contribution in [3.05, 3.63) is 30.1 Å². The van der Waals surface area contributed by atoms with E-state index in [1.165, 1.54) is 0 Å². The number of aliphatic hydroxyl groups is 3. The fourth-order valence-electron chi connectivity index (χ4n) is 1.04. The third-order valence-corrected chi connectivity index (χ3v) is 2.52. The van der Waals surface area contributed by atoms with Crippen molar-refractivity contribution >= 4 is 12.6 Å². The molecule has 0 aromatic carbocycles. The van der Waals surface area contributed by atoms with Gasteiger partial charge in [0.2, 0.25) is 0 Å². The minimum Gasteiger partial charge on any atom is -0.394 e. The van der Waals surface area contributed by atoms with Crippen molar-refractivity contribution in [2.75, 3.05) is 6.61 Å². The third-order valence-electron chi connectivity index (χ3n) is 1.90. The van der Waals surface area contributed by atoms with Crippen LogP contribution in [0.1, 0.15) is 11.8 Å². The lowest BCUT2D eigenvalue weighted by Gasteiger charge is -2.21. The van der Waals surface area contributed by atoms with Gasteiger partial charge in [0.15, 0.2) is 0 Å². The lowest BCUT2D eigenvalue weighted by molar-refractivity contribution is 0.0476. The van der Waals surface area contributed by atoms with Gasteiger partial charge >= 0.3 is 0 Å². The molecule has 4 nitrogen and oxygen atoms in total. The van der Waals surface area contributed by atoms with E-state index in [-0.39, 0.29) is 0 Å². The Kier molecular flexibility index (Phi) is 4.34. The third kappa shape index (κ3) is 2.68. The molecule has 14 heavy (non-hydrogen) atoms. The summed E-state index contributed by atoms with van der Waals surface area (Å²) in [4.78, 5) is 3.92. The zero-order chi connectivity index (χ0) is 10.6. The molecule has 0 saturated carbocycles. The van der Waals surface area contributed by atoms with Crippen molar-refractivity contribution in [2.45, 2.75) is 17.5 Å². The van der Waals surface area contributed by atoms with E-state index in [0.29, 0.717) is 5.69 Å². The van der Waals surface area contributed by atoms with E-state index in [1.54, 1.807) is 24.4 Å². The van der Waals surface area contributed by atoms with Crippen LogP contribution < -0.4 is 0 Å². The Bertz CT molecular complexity index is 270. The molecule has 3 N–H and O–H groups in total. The quantitative estimate of drug-likeness (QED) is 0.523. The highest BCUT2D eigenvalue weighted by Gasteiger charge is 2.24. The summed E-state index contributed by atoms with van der Waals surface area (Å²) in [5, 5.41) is 26.9.